The summed E-state index contributed by atoms with van der Waals surface area (Å²) in [6.45, 7) is 7.23. The molecule has 8 nitrogen and oxygen atoms in total. The van der Waals surface area contributed by atoms with Crippen molar-refractivity contribution in [1.29, 1.82) is 0 Å². The fourth-order valence-electron chi connectivity index (χ4n) is 1.70. The van der Waals surface area contributed by atoms with Crippen LogP contribution in [-0.4, -0.2) is 45.4 Å². The van der Waals surface area contributed by atoms with E-state index in [9.17, 15) is 8.42 Å². The second kappa shape index (κ2) is 9.51. The summed E-state index contributed by atoms with van der Waals surface area (Å²) in [5.74, 6) is 1.80. The molecule has 23 heavy (non-hydrogen) atoms. The topological polar surface area (TPSA) is 109 Å². The number of hydrogen-bond donors (Lipinski definition) is 3. The minimum Gasteiger partial charge on any atom is -0.359 e. The third kappa shape index (κ3) is 7.47. The highest BCUT2D eigenvalue weighted by atomic mass is 32.2. The normalized spacial score (nSPS) is 12.7. The van der Waals surface area contributed by atoms with Crippen LogP contribution in [0, 0.1) is 0 Å². The Morgan fingerprint density at radius 1 is 1.35 bits per heavy atom. The smallest absolute Gasteiger partial charge is 0.211 e. The lowest BCUT2D eigenvalue weighted by Crippen LogP contribution is -2.38. The molecule has 0 aliphatic rings. The molecule has 0 aliphatic heterocycles. The Labute approximate surface area is 138 Å². The summed E-state index contributed by atoms with van der Waals surface area (Å²) < 4.78 is 30.3. The number of guanidine groups is 1. The molecule has 0 fully saturated rings. The molecule has 1 rings (SSSR count). The van der Waals surface area contributed by atoms with Gasteiger partial charge in [0.1, 0.15) is 0 Å². The van der Waals surface area contributed by atoms with Gasteiger partial charge in [0, 0.05) is 26.2 Å². The molecule has 0 spiro atoms. The van der Waals surface area contributed by atoms with E-state index in [1.54, 1.807) is 14.0 Å². The van der Waals surface area contributed by atoms with Crippen molar-refractivity contribution in [2.75, 3.05) is 25.9 Å². The molecule has 0 saturated heterocycles. The highest BCUT2D eigenvalue weighted by Gasteiger charge is 2.08. The molecule has 9 heteroatoms. The highest BCUT2D eigenvalue weighted by Crippen LogP contribution is 2.13. The summed E-state index contributed by atoms with van der Waals surface area (Å²) in [6, 6.07) is 1.92. The molecule has 0 amide bonds. The van der Waals surface area contributed by atoms with E-state index in [1.165, 1.54) is 0 Å². The number of aromatic nitrogens is 1. The van der Waals surface area contributed by atoms with Crippen molar-refractivity contribution in [3.8, 4) is 0 Å². The van der Waals surface area contributed by atoms with Crippen molar-refractivity contribution >= 4 is 16.0 Å². The Kier molecular flexibility index (Phi) is 8.04. The summed E-state index contributed by atoms with van der Waals surface area (Å²) in [5, 5.41) is 10.2. The van der Waals surface area contributed by atoms with E-state index in [-0.39, 0.29) is 5.75 Å². The lowest BCUT2D eigenvalue weighted by molar-refractivity contribution is 0.372. The third-order valence-corrected chi connectivity index (χ3v) is 4.57. The zero-order valence-corrected chi connectivity index (χ0v) is 15.0. The first-order valence-corrected chi connectivity index (χ1v) is 9.40. The minimum absolute atomic E-state index is 0.0964. The summed E-state index contributed by atoms with van der Waals surface area (Å²) >= 11 is 0. The first-order chi connectivity index (χ1) is 10.9. The van der Waals surface area contributed by atoms with Gasteiger partial charge < -0.3 is 15.2 Å². The van der Waals surface area contributed by atoms with Gasteiger partial charge in [0.25, 0.3) is 0 Å². The van der Waals surface area contributed by atoms with Crippen molar-refractivity contribution in [2.45, 2.75) is 39.7 Å². The van der Waals surface area contributed by atoms with Gasteiger partial charge in [0.2, 0.25) is 10.0 Å². The van der Waals surface area contributed by atoms with E-state index in [1.807, 2.05) is 6.07 Å². The molecule has 0 unspecified atom stereocenters. The Morgan fingerprint density at radius 3 is 2.65 bits per heavy atom. The number of rotatable bonds is 9. The van der Waals surface area contributed by atoms with Crippen molar-refractivity contribution < 1.29 is 12.9 Å². The van der Waals surface area contributed by atoms with Crippen molar-refractivity contribution in [2.24, 2.45) is 4.99 Å². The van der Waals surface area contributed by atoms with Crippen LogP contribution in [0.25, 0.3) is 0 Å². The van der Waals surface area contributed by atoms with Crippen LogP contribution in [0.3, 0.4) is 0 Å². The van der Waals surface area contributed by atoms with Gasteiger partial charge in [-0.2, -0.15) is 0 Å². The van der Waals surface area contributed by atoms with Gasteiger partial charge in [-0.25, -0.2) is 13.1 Å². The SMILES string of the molecule is CCS(=O)(=O)NCCCNC(=NC)NCc1cc(C(C)C)no1. The lowest BCUT2D eigenvalue weighted by atomic mass is 10.1. The zero-order chi connectivity index (χ0) is 17.3. The fourth-order valence-corrected chi connectivity index (χ4v) is 2.36. The van der Waals surface area contributed by atoms with Crippen LogP contribution in [0.1, 0.15) is 44.6 Å². The van der Waals surface area contributed by atoms with Crippen LogP contribution in [0.2, 0.25) is 0 Å². The summed E-state index contributed by atoms with van der Waals surface area (Å²) in [4.78, 5) is 4.10. The largest absolute Gasteiger partial charge is 0.359 e. The molecule has 3 N–H and O–H groups in total. The van der Waals surface area contributed by atoms with Crippen LogP contribution in [-0.2, 0) is 16.6 Å². The number of sulfonamides is 1. The molecule has 1 aromatic heterocycles. The lowest BCUT2D eigenvalue weighted by Gasteiger charge is -2.10. The van der Waals surface area contributed by atoms with Gasteiger partial charge in [0.05, 0.1) is 18.0 Å². The van der Waals surface area contributed by atoms with Crippen LogP contribution < -0.4 is 15.4 Å². The molecular weight excluding hydrogens is 318 g/mol. The quantitative estimate of drug-likeness (QED) is 0.347. The van der Waals surface area contributed by atoms with Gasteiger partial charge in [-0.3, -0.25) is 4.99 Å². The van der Waals surface area contributed by atoms with Crippen molar-refractivity contribution in [3.63, 3.8) is 0 Å². The number of aliphatic imine (C=N–C) groups is 1. The van der Waals surface area contributed by atoms with Crippen molar-refractivity contribution in [1.82, 2.24) is 20.5 Å². The predicted molar refractivity (Wildman–Crippen MR) is 90.9 cm³/mol. The predicted octanol–water partition coefficient (Wildman–Crippen LogP) is 0.792. The van der Waals surface area contributed by atoms with Crippen LogP contribution >= 0.6 is 0 Å². The second-order valence-electron chi connectivity index (χ2n) is 5.38. The molecule has 0 bridgehead atoms. The van der Waals surface area contributed by atoms with Crippen LogP contribution in [0.4, 0.5) is 0 Å². The number of nitrogens with one attached hydrogen (secondary N) is 3. The van der Waals surface area contributed by atoms with Gasteiger partial charge in [-0.1, -0.05) is 19.0 Å². The monoisotopic (exact) mass is 345 g/mol. The summed E-state index contributed by atoms with van der Waals surface area (Å²) in [5.41, 5.74) is 0.924. The Bertz CT molecular complexity index is 595. The van der Waals surface area contributed by atoms with E-state index in [2.05, 4.69) is 39.4 Å². The second-order valence-corrected chi connectivity index (χ2v) is 7.47. The van der Waals surface area contributed by atoms with Gasteiger partial charge >= 0.3 is 0 Å². The van der Waals surface area contributed by atoms with Gasteiger partial charge in [0.15, 0.2) is 11.7 Å². The Balaban J connectivity index is 2.27. The van der Waals surface area contributed by atoms with Crippen molar-refractivity contribution in [3.05, 3.63) is 17.5 Å². The van der Waals surface area contributed by atoms with Crippen LogP contribution in [0.5, 0.6) is 0 Å². The first kappa shape index (κ1) is 19.4. The van der Waals surface area contributed by atoms with E-state index in [0.717, 1.165) is 11.5 Å². The Hall–Kier alpha value is -1.61. The van der Waals surface area contributed by atoms with Gasteiger partial charge in [-0.15, -0.1) is 0 Å². The standard InChI is InChI=1S/C14H27N5O3S/c1-5-23(20,21)18-8-6-7-16-14(15-4)17-10-12-9-13(11(2)3)19-22-12/h9,11,18H,5-8,10H2,1-4H3,(H2,15,16,17). The third-order valence-electron chi connectivity index (χ3n) is 3.17. The fraction of sp³-hybridized carbons (Fsp3) is 0.714. The first-order valence-electron chi connectivity index (χ1n) is 7.75. The molecule has 0 atom stereocenters. The van der Waals surface area contributed by atoms with E-state index < -0.39 is 10.0 Å². The molecule has 0 radical (unpaired) electrons. The highest BCUT2D eigenvalue weighted by molar-refractivity contribution is 7.89. The molecule has 0 aromatic carbocycles. The Morgan fingerprint density at radius 2 is 2.09 bits per heavy atom. The number of nitrogens with zero attached hydrogens (tertiary/aromatic N) is 2. The van der Waals surface area contributed by atoms with E-state index in [0.29, 0.717) is 37.9 Å². The molecule has 0 aliphatic carbocycles. The van der Waals surface area contributed by atoms with Crippen LogP contribution in [0.15, 0.2) is 15.6 Å². The maximum Gasteiger partial charge on any atom is 0.211 e. The summed E-state index contributed by atoms with van der Waals surface area (Å²) in [6.07, 6.45) is 0.666. The maximum atomic E-state index is 11.3. The average Bonchev–Trinajstić information content (AvgIpc) is 2.99. The molecular formula is C14H27N5O3S. The molecule has 132 valence electrons. The minimum atomic E-state index is -3.12. The number of hydrogen-bond acceptors (Lipinski definition) is 5. The van der Waals surface area contributed by atoms with E-state index >= 15 is 0 Å². The van der Waals surface area contributed by atoms with E-state index in [4.69, 9.17) is 4.52 Å². The maximum absolute atomic E-state index is 11.3. The van der Waals surface area contributed by atoms with Gasteiger partial charge in [-0.05, 0) is 19.3 Å². The molecule has 1 heterocycles. The molecule has 1 aromatic rings. The summed E-state index contributed by atoms with van der Waals surface area (Å²) in [7, 11) is -1.44. The molecule has 0 saturated carbocycles. The average molecular weight is 345 g/mol. The zero-order valence-electron chi connectivity index (χ0n) is 14.2.